The van der Waals surface area contributed by atoms with Crippen LogP contribution in [0.3, 0.4) is 0 Å². The van der Waals surface area contributed by atoms with Crippen molar-refractivity contribution in [3.8, 4) is 11.3 Å². The lowest BCUT2D eigenvalue weighted by Crippen LogP contribution is -2.45. The number of imidazole rings is 1. The quantitative estimate of drug-likeness (QED) is 0.592. The molecular weight excluding hydrogens is 250 g/mol. The Morgan fingerprint density at radius 3 is 2.65 bits per heavy atom. The van der Waals surface area contributed by atoms with Crippen molar-refractivity contribution in [2.45, 2.75) is 32.9 Å². The zero-order valence-electron chi connectivity index (χ0n) is 12.1. The van der Waals surface area contributed by atoms with E-state index in [0.717, 1.165) is 17.1 Å². The van der Waals surface area contributed by atoms with Gasteiger partial charge in [-0.1, -0.05) is 30.3 Å². The highest BCUT2D eigenvalue weighted by atomic mass is 15.1. The molecule has 1 heterocycles. The lowest BCUT2D eigenvalue weighted by molar-refractivity contribution is 0.508. The third kappa shape index (κ3) is 4.12. The number of H-pyrrole nitrogens is 1. The number of aromatic nitrogens is 2. The Morgan fingerprint density at radius 1 is 1.30 bits per heavy atom. The molecule has 0 saturated heterocycles. The van der Waals surface area contributed by atoms with Crippen molar-refractivity contribution in [2.75, 3.05) is 0 Å². The topological polar surface area (TPSA) is 79.1 Å². The first-order valence-corrected chi connectivity index (χ1v) is 6.61. The number of rotatable bonds is 3. The van der Waals surface area contributed by atoms with E-state index in [2.05, 4.69) is 20.3 Å². The highest BCUT2D eigenvalue weighted by Crippen LogP contribution is 2.16. The molecule has 0 atom stereocenters. The van der Waals surface area contributed by atoms with E-state index in [-0.39, 0.29) is 5.54 Å². The van der Waals surface area contributed by atoms with E-state index in [1.165, 1.54) is 0 Å². The minimum absolute atomic E-state index is 0.0913. The first-order valence-electron chi connectivity index (χ1n) is 6.61. The summed E-state index contributed by atoms with van der Waals surface area (Å²) in [5.74, 6) is 1.22. The molecule has 0 unspecified atom stereocenters. The Labute approximate surface area is 119 Å². The summed E-state index contributed by atoms with van der Waals surface area (Å²) in [4.78, 5) is 11.8. The van der Waals surface area contributed by atoms with Crippen molar-refractivity contribution in [1.29, 1.82) is 0 Å². The molecule has 0 aliphatic heterocycles. The Balaban J connectivity index is 2.02. The summed E-state index contributed by atoms with van der Waals surface area (Å²) in [5.41, 5.74) is 7.82. The minimum atomic E-state index is -0.0913. The van der Waals surface area contributed by atoms with Crippen LogP contribution in [0.4, 0.5) is 0 Å². The van der Waals surface area contributed by atoms with Crippen LogP contribution in [-0.2, 0) is 6.54 Å². The van der Waals surface area contributed by atoms with Crippen molar-refractivity contribution in [1.82, 2.24) is 15.3 Å². The Kier molecular flexibility index (Phi) is 4.08. The number of nitrogens with zero attached hydrogens (tertiary/aromatic N) is 2. The van der Waals surface area contributed by atoms with Crippen molar-refractivity contribution >= 4 is 5.96 Å². The zero-order valence-corrected chi connectivity index (χ0v) is 12.1. The lowest BCUT2D eigenvalue weighted by Gasteiger charge is -2.20. The maximum atomic E-state index is 5.82. The molecular formula is C15H21N5. The van der Waals surface area contributed by atoms with Crippen molar-refractivity contribution in [3.63, 3.8) is 0 Å². The maximum Gasteiger partial charge on any atom is 0.189 e. The molecule has 106 valence electrons. The highest BCUT2D eigenvalue weighted by molar-refractivity contribution is 5.78. The van der Waals surface area contributed by atoms with Gasteiger partial charge in [0.25, 0.3) is 0 Å². The molecule has 0 radical (unpaired) electrons. The summed E-state index contributed by atoms with van der Waals surface area (Å²) in [6.07, 6.45) is 1.81. The van der Waals surface area contributed by atoms with Gasteiger partial charge in [-0.05, 0) is 26.3 Å². The van der Waals surface area contributed by atoms with Gasteiger partial charge in [0.15, 0.2) is 5.96 Å². The number of hydrogen-bond donors (Lipinski definition) is 3. The molecule has 2 aromatic rings. The molecule has 0 spiro atoms. The summed E-state index contributed by atoms with van der Waals surface area (Å²) in [6, 6.07) is 10.1. The van der Waals surface area contributed by atoms with Gasteiger partial charge < -0.3 is 16.0 Å². The fourth-order valence-corrected chi connectivity index (χ4v) is 1.79. The van der Waals surface area contributed by atoms with E-state index in [4.69, 9.17) is 5.73 Å². The van der Waals surface area contributed by atoms with E-state index in [1.54, 1.807) is 0 Å². The smallest absolute Gasteiger partial charge is 0.189 e. The predicted molar refractivity (Wildman–Crippen MR) is 82.2 cm³/mol. The van der Waals surface area contributed by atoms with Crippen LogP contribution in [0.25, 0.3) is 11.3 Å². The Morgan fingerprint density at radius 2 is 2.00 bits per heavy atom. The fourth-order valence-electron chi connectivity index (χ4n) is 1.79. The molecule has 0 fully saturated rings. The molecule has 0 aliphatic rings. The van der Waals surface area contributed by atoms with Crippen LogP contribution in [0.2, 0.25) is 0 Å². The van der Waals surface area contributed by atoms with Crippen molar-refractivity contribution in [2.24, 2.45) is 10.7 Å². The molecule has 20 heavy (non-hydrogen) atoms. The standard InChI is InChI=1S/C15H21N5/c1-15(2,3)20-14(16)18-10-13-17-9-12(19-13)11-7-5-4-6-8-11/h4-9H,10H2,1-3H3,(H,17,19)(H3,16,18,20). The molecule has 0 aliphatic carbocycles. The summed E-state index contributed by atoms with van der Waals surface area (Å²) in [5, 5.41) is 3.11. The van der Waals surface area contributed by atoms with Crippen LogP contribution in [0, 0.1) is 0 Å². The fraction of sp³-hybridized carbons (Fsp3) is 0.333. The molecule has 1 aromatic heterocycles. The average Bonchev–Trinajstić information content (AvgIpc) is 2.84. The molecule has 1 aromatic carbocycles. The zero-order chi connectivity index (χ0) is 14.6. The second-order valence-corrected chi connectivity index (χ2v) is 5.69. The summed E-state index contributed by atoms with van der Waals surface area (Å²) in [7, 11) is 0. The molecule has 2 rings (SSSR count). The van der Waals surface area contributed by atoms with E-state index >= 15 is 0 Å². The van der Waals surface area contributed by atoms with Crippen LogP contribution < -0.4 is 11.1 Å². The first-order chi connectivity index (χ1) is 9.44. The van der Waals surface area contributed by atoms with Gasteiger partial charge in [-0.15, -0.1) is 0 Å². The molecule has 5 nitrogen and oxygen atoms in total. The van der Waals surface area contributed by atoms with Crippen LogP contribution in [0.1, 0.15) is 26.6 Å². The maximum absolute atomic E-state index is 5.82. The number of guanidine groups is 1. The predicted octanol–water partition coefficient (Wildman–Crippen LogP) is 2.28. The Bertz CT molecular complexity index is 578. The second kappa shape index (κ2) is 5.77. The van der Waals surface area contributed by atoms with E-state index in [9.17, 15) is 0 Å². The third-order valence-electron chi connectivity index (χ3n) is 2.62. The number of benzene rings is 1. The van der Waals surface area contributed by atoms with Crippen molar-refractivity contribution in [3.05, 3.63) is 42.4 Å². The van der Waals surface area contributed by atoms with E-state index in [0.29, 0.717) is 12.5 Å². The van der Waals surface area contributed by atoms with Gasteiger partial charge in [0.2, 0.25) is 0 Å². The number of nitrogens with two attached hydrogens (primary N) is 1. The van der Waals surface area contributed by atoms with Gasteiger partial charge in [-0.25, -0.2) is 9.98 Å². The molecule has 0 amide bonds. The van der Waals surface area contributed by atoms with Gasteiger partial charge in [-0.3, -0.25) is 0 Å². The SMILES string of the molecule is CC(C)(C)NC(N)=NCc1ncc(-c2ccccc2)[nH]1. The molecule has 0 saturated carbocycles. The number of aromatic amines is 1. The normalized spacial score (nSPS) is 12.4. The number of aliphatic imine (C=N–C) groups is 1. The number of hydrogen-bond acceptors (Lipinski definition) is 2. The van der Waals surface area contributed by atoms with Crippen LogP contribution >= 0.6 is 0 Å². The van der Waals surface area contributed by atoms with Crippen LogP contribution in [-0.4, -0.2) is 21.5 Å². The molecule has 5 heteroatoms. The van der Waals surface area contributed by atoms with Crippen LogP contribution in [0.15, 0.2) is 41.5 Å². The highest BCUT2D eigenvalue weighted by Gasteiger charge is 2.09. The monoisotopic (exact) mass is 271 g/mol. The summed E-state index contributed by atoms with van der Waals surface area (Å²) < 4.78 is 0. The first kappa shape index (κ1) is 14.1. The van der Waals surface area contributed by atoms with Gasteiger partial charge in [0, 0.05) is 5.54 Å². The lowest BCUT2D eigenvalue weighted by atomic mass is 10.1. The number of nitrogens with one attached hydrogen (secondary N) is 2. The van der Waals surface area contributed by atoms with Crippen molar-refractivity contribution < 1.29 is 0 Å². The van der Waals surface area contributed by atoms with Gasteiger partial charge in [-0.2, -0.15) is 0 Å². The second-order valence-electron chi connectivity index (χ2n) is 5.69. The molecule has 0 bridgehead atoms. The third-order valence-corrected chi connectivity index (χ3v) is 2.62. The van der Waals surface area contributed by atoms with Crippen LogP contribution in [0.5, 0.6) is 0 Å². The minimum Gasteiger partial charge on any atom is -0.370 e. The summed E-state index contributed by atoms with van der Waals surface area (Å²) >= 11 is 0. The average molecular weight is 271 g/mol. The largest absolute Gasteiger partial charge is 0.370 e. The molecule has 4 N–H and O–H groups in total. The van der Waals surface area contributed by atoms with Gasteiger partial charge >= 0.3 is 0 Å². The van der Waals surface area contributed by atoms with Gasteiger partial charge in [0.05, 0.1) is 11.9 Å². The summed E-state index contributed by atoms with van der Waals surface area (Å²) in [6.45, 7) is 6.54. The Hall–Kier alpha value is -2.30. The van der Waals surface area contributed by atoms with Gasteiger partial charge in [0.1, 0.15) is 12.4 Å². The van der Waals surface area contributed by atoms with E-state index < -0.39 is 0 Å². The van der Waals surface area contributed by atoms with E-state index in [1.807, 2.05) is 57.3 Å².